The lowest BCUT2D eigenvalue weighted by molar-refractivity contribution is 0.102. The second-order valence-electron chi connectivity index (χ2n) is 3.79. The summed E-state index contributed by atoms with van der Waals surface area (Å²) in [5.74, 6) is -0.0918. The largest absolute Gasteiger partial charge is 0.326 e. The van der Waals surface area contributed by atoms with E-state index in [0.717, 1.165) is 16.1 Å². The fourth-order valence-corrected chi connectivity index (χ4v) is 2.33. The SMILES string of the molecule is Cc1ccsc1NC(=O)c1cccc(CN)c1. The van der Waals surface area contributed by atoms with E-state index in [2.05, 4.69) is 5.32 Å². The van der Waals surface area contributed by atoms with Crippen LogP contribution in [0.25, 0.3) is 0 Å². The smallest absolute Gasteiger partial charge is 0.256 e. The minimum Gasteiger partial charge on any atom is -0.326 e. The van der Waals surface area contributed by atoms with E-state index in [1.54, 1.807) is 6.07 Å². The summed E-state index contributed by atoms with van der Waals surface area (Å²) in [5.41, 5.74) is 8.23. The van der Waals surface area contributed by atoms with Crippen molar-refractivity contribution in [2.45, 2.75) is 13.5 Å². The van der Waals surface area contributed by atoms with Crippen molar-refractivity contribution in [3.05, 3.63) is 52.4 Å². The highest BCUT2D eigenvalue weighted by atomic mass is 32.1. The number of hydrogen-bond donors (Lipinski definition) is 2. The number of nitrogens with one attached hydrogen (secondary N) is 1. The fourth-order valence-electron chi connectivity index (χ4n) is 1.52. The zero-order valence-electron chi connectivity index (χ0n) is 9.57. The monoisotopic (exact) mass is 246 g/mol. The van der Waals surface area contributed by atoms with Crippen LogP contribution in [0.1, 0.15) is 21.5 Å². The Labute approximate surface area is 104 Å². The Kier molecular flexibility index (Phi) is 3.56. The molecule has 3 N–H and O–H groups in total. The number of anilines is 1. The molecule has 0 unspecified atom stereocenters. The van der Waals surface area contributed by atoms with Gasteiger partial charge in [0, 0.05) is 12.1 Å². The summed E-state index contributed by atoms with van der Waals surface area (Å²) >= 11 is 1.53. The number of benzene rings is 1. The second kappa shape index (κ2) is 5.12. The number of aryl methyl sites for hydroxylation is 1. The predicted molar refractivity (Wildman–Crippen MR) is 71.3 cm³/mol. The van der Waals surface area contributed by atoms with Crippen molar-refractivity contribution in [3.8, 4) is 0 Å². The number of rotatable bonds is 3. The van der Waals surface area contributed by atoms with Crippen molar-refractivity contribution in [3.63, 3.8) is 0 Å². The van der Waals surface area contributed by atoms with Crippen LogP contribution in [0, 0.1) is 6.92 Å². The number of thiophene rings is 1. The fraction of sp³-hybridized carbons (Fsp3) is 0.154. The first kappa shape index (κ1) is 11.8. The minimum atomic E-state index is -0.0918. The van der Waals surface area contributed by atoms with Gasteiger partial charge in [0.15, 0.2) is 0 Å². The number of hydrogen-bond acceptors (Lipinski definition) is 3. The zero-order valence-corrected chi connectivity index (χ0v) is 10.4. The molecule has 3 nitrogen and oxygen atoms in total. The van der Waals surface area contributed by atoms with Gasteiger partial charge in [0.25, 0.3) is 5.91 Å². The quantitative estimate of drug-likeness (QED) is 0.875. The number of amides is 1. The molecule has 0 atom stereocenters. The van der Waals surface area contributed by atoms with Crippen LogP contribution in [0.4, 0.5) is 5.00 Å². The van der Waals surface area contributed by atoms with E-state index in [1.165, 1.54) is 11.3 Å². The van der Waals surface area contributed by atoms with Crippen LogP contribution in [-0.2, 0) is 6.54 Å². The molecule has 0 saturated carbocycles. The van der Waals surface area contributed by atoms with E-state index >= 15 is 0 Å². The zero-order chi connectivity index (χ0) is 12.3. The van der Waals surface area contributed by atoms with Gasteiger partial charge >= 0.3 is 0 Å². The lowest BCUT2D eigenvalue weighted by atomic mass is 10.1. The molecule has 1 heterocycles. The maximum Gasteiger partial charge on any atom is 0.256 e. The van der Waals surface area contributed by atoms with Gasteiger partial charge in [0.05, 0.1) is 5.00 Å². The van der Waals surface area contributed by atoms with Crippen molar-refractivity contribution in [2.24, 2.45) is 5.73 Å². The average Bonchev–Trinajstić information content (AvgIpc) is 2.75. The van der Waals surface area contributed by atoms with Gasteiger partial charge in [-0.05, 0) is 41.6 Å². The molecule has 4 heteroatoms. The summed E-state index contributed by atoms with van der Waals surface area (Å²) in [7, 11) is 0. The standard InChI is InChI=1S/C13H14N2OS/c1-9-5-6-17-13(9)15-12(16)11-4-2-3-10(7-11)8-14/h2-7H,8,14H2,1H3,(H,15,16). The van der Waals surface area contributed by atoms with Gasteiger partial charge in [-0.2, -0.15) is 0 Å². The molecule has 0 aliphatic rings. The molecule has 88 valence electrons. The van der Waals surface area contributed by atoms with Crippen molar-refractivity contribution >= 4 is 22.2 Å². The molecule has 0 saturated heterocycles. The molecule has 0 aliphatic carbocycles. The van der Waals surface area contributed by atoms with E-state index in [4.69, 9.17) is 5.73 Å². The van der Waals surface area contributed by atoms with E-state index in [9.17, 15) is 4.79 Å². The van der Waals surface area contributed by atoms with Crippen LogP contribution in [-0.4, -0.2) is 5.91 Å². The maximum absolute atomic E-state index is 12.0. The summed E-state index contributed by atoms with van der Waals surface area (Å²) in [6, 6.07) is 9.35. The van der Waals surface area contributed by atoms with Crippen molar-refractivity contribution in [2.75, 3.05) is 5.32 Å². The summed E-state index contributed by atoms with van der Waals surface area (Å²) in [5, 5.41) is 5.75. The Morgan fingerprint density at radius 3 is 2.88 bits per heavy atom. The Balaban J connectivity index is 2.17. The van der Waals surface area contributed by atoms with Crippen molar-refractivity contribution in [1.82, 2.24) is 0 Å². The topological polar surface area (TPSA) is 55.1 Å². The van der Waals surface area contributed by atoms with E-state index in [1.807, 2.05) is 36.6 Å². The third-order valence-electron chi connectivity index (χ3n) is 2.51. The molecule has 0 aliphatic heterocycles. The predicted octanol–water partition coefficient (Wildman–Crippen LogP) is 2.77. The molecule has 17 heavy (non-hydrogen) atoms. The first-order valence-corrected chi connectivity index (χ1v) is 6.23. The number of nitrogens with two attached hydrogens (primary N) is 1. The van der Waals surface area contributed by atoms with Gasteiger partial charge < -0.3 is 11.1 Å². The molecule has 1 aromatic heterocycles. The Morgan fingerprint density at radius 2 is 2.24 bits per heavy atom. The summed E-state index contributed by atoms with van der Waals surface area (Å²) in [6.45, 7) is 2.42. The molecule has 0 fully saturated rings. The lowest BCUT2D eigenvalue weighted by Gasteiger charge is -2.05. The summed E-state index contributed by atoms with van der Waals surface area (Å²) < 4.78 is 0. The lowest BCUT2D eigenvalue weighted by Crippen LogP contribution is -2.12. The summed E-state index contributed by atoms with van der Waals surface area (Å²) in [6.07, 6.45) is 0. The van der Waals surface area contributed by atoms with Gasteiger partial charge in [-0.15, -0.1) is 11.3 Å². The van der Waals surface area contributed by atoms with E-state index < -0.39 is 0 Å². The number of carbonyl (C=O) groups excluding carboxylic acids is 1. The highest BCUT2D eigenvalue weighted by Gasteiger charge is 2.08. The van der Waals surface area contributed by atoms with Crippen molar-refractivity contribution in [1.29, 1.82) is 0 Å². The van der Waals surface area contributed by atoms with Gasteiger partial charge in [0.1, 0.15) is 0 Å². The normalized spacial score (nSPS) is 10.2. The third kappa shape index (κ3) is 2.72. The molecule has 2 rings (SSSR count). The van der Waals surface area contributed by atoms with Gasteiger partial charge in [0.2, 0.25) is 0 Å². The Morgan fingerprint density at radius 1 is 1.41 bits per heavy atom. The molecule has 1 aromatic carbocycles. The van der Waals surface area contributed by atoms with Crippen LogP contribution < -0.4 is 11.1 Å². The molecule has 0 radical (unpaired) electrons. The average molecular weight is 246 g/mol. The van der Waals surface area contributed by atoms with Crippen LogP contribution in [0.3, 0.4) is 0 Å². The number of carbonyl (C=O) groups is 1. The molecular weight excluding hydrogens is 232 g/mol. The summed E-state index contributed by atoms with van der Waals surface area (Å²) in [4.78, 5) is 12.0. The molecule has 0 spiro atoms. The van der Waals surface area contributed by atoms with E-state index in [-0.39, 0.29) is 5.91 Å². The molecular formula is C13H14N2OS. The first-order valence-electron chi connectivity index (χ1n) is 5.35. The van der Waals surface area contributed by atoms with Crippen LogP contribution >= 0.6 is 11.3 Å². The Bertz CT molecular complexity index is 534. The molecule has 1 amide bonds. The Hall–Kier alpha value is -1.65. The second-order valence-corrected chi connectivity index (χ2v) is 4.71. The van der Waals surface area contributed by atoms with Crippen LogP contribution in [0.5, 0.6) is 0 Å². The van der Waals surface area contributed by atoms with E-state index in [0.29, 0.717) is 12.1 Å². The first-order chi connectivity index (χ1) is 8.20. The van der Waals surface area contributed by atoms with Crippen LogP contribution in [0.15, 0.2) is 35.7 Å². The van der Waals surface area contributed by atoms with Crippen molar-refractivity contribution < 1.29 is 4.79 Å². The maximum atomic E-state index is 12.0. The third-order valence-corrected chi connectivity index (χ3v) is 3.45. The molecule has 0 bridgehead atoms. The van der Waals surface area contributed by atoms with Crippen LogP contribution in [0.2, 0.25) is 0 Å². The van der Waals surface area contributed by atoms with Gasteiger partial charge in [-0.1, -0.05) is 12.1 Å². The van der Waals surface area contributed by atoms with Gasteiger partial charge in [-0.3, -0.25) is 4.79 Å². The molecule has 2 aromatic rings. The highest BCUT2D eigenvalue weighted by molar-refractivity contribution is 7.14. The highest BCUT2D eigenvalue weighted by Crippen LogP contribution is 2.22. The minimum absolute atomic E-state index is 0.0918. The van der Waals surface area contributed by atoms with Gasteiger partial charge in [-0.25, -0.2) is 0 Å².